The first-order chi connectivity index (χ1) is 9.83. The summed E-state index contributed by atoms with van der Waals surface area (Å²) in [6.07, 6.45) is 3.30. The first-order valence-electron chi connectivity index (χ1n) is 7.53. The second-order valence-corrected chi connectivity index (χ2v) is 6.81. The molecule has 108 valence electrons. The van der Waals surface area contributed by atoms with E-state index in [0.29, 0.717) is 11.8 Å². The Hall–Kier alpha value is -1.00. The Bertz CT molecular complexity index is 445. The number of likely N-dealkylation sites (tertiary alicyclic amines) is 1. The Morgan fingerprint density at radius 2 is 2.15 bits per heavy atom. The molecule has 4 heteroatoms. The average Bonchev–Trinajstić information content (AvgIpc) is 3.17. The minimum atomic E-state index is 0.0931. The number of nitrogens with zero attached hydrogens (tertiary/aromatic N) is 1. The van der Waals surface area contributed by atoms with Crippen molar-refractivity contribution < 1.29 is 4.79 Å². The molecular formula is C16H22N2OS. The monoisotopic (exact) mass is 290 g/mol. The van der Waals surface area contributed by atoms with Gasteiger partial charge in [0.1, 0.15) is 0 Å². The van der Waals surface area contributed by atoms with Crippen LogP contribution in [0.3, 0.4) is 0 Å². The van der Waals surface area contributed by atoms with Crippen molar-refractivity contribution in [2.24, 2.45) is 5.92 Å². The highest BCUT2D eigenvalue weighted by Crippen LogP contribution is 2.26. The van der Waals surface area contributed by atoms with Crippen LogP contribution in [0.15, 0.2) is 35.2 Å². The van der Waals surface area contributed by atoms with Crippen molar-refractivity contribution in [3.8, 4) is 0 Å². The summed E-state index contributed by atoms with van der Waals surface area (Å²) in [5.41, 5.74) is 0. The number of amides is 1. The van der Waals surface area contributed by atoms with Gasteiger partial charge in [-0.3, -0.25) is 4.79 Å². The number of benzene rings is 1. The molecule has 3 rings (SSSR count). The van der Waals surface area contributed by atoms with E-state index in [4.69, 9.17) is 0 Å². The fourth-order valence-corrected chi connectivity index (χ4v) is 4.07. The third kappa shape index (κ3) is 3.36. The lowest BCUT2D eigenvalue weighted by molar-refractivity contribution is -0.132. The first-order valence-corrected chi connectivity index (χ1v) is 8.51. The summed E-state index contributed by atoms with van der Waals surface area (Å²) < 4.78 is 0. The molecule has 2 fully saturated rings. The minimum Gasteiger partial charge on any atom is -0.341 e. The van der Waals surface area contributed by atoms with Gasteiger partial charge < -0.3 is 10.2 Å². The zero-order valence-corrected chi connectivity index (χ0v) is 12.6. The summed E-state index contributed by atoms with van der Waals surface area (Å²) in [6, 6.07) is 10.6. The van der Waals surface area contributed by atoms with E-state index in [1.165, 1.54) is 4.90 Å². The van der Waals surface area contributed by atoms with Gasteiger partial charge in [-0.05, 0) is 43.9 Å². The molecule has 0 saturated carbocycles. The van der Waals surface area contributed by atoms with Crippen LogP contribution in [0.1, 0.15) is 19.3 Å². The van der Waals surface area contributed by atoms with Gasteiger partial charge in [-0.1, -0.05) is 18.2 Å². The summed E-state index contributed by atoms with van der Waals surface area (Å²) in [7, 11) is 0. The summed E-state index contributed by atoms with van der Waals surface area (Å²) in [6.45, 7) is 2.88. The van der Waals surface area contributed by atoms with E-state index < -0.39 is 0 Å². The summed E-state index contributed by atoms with van der Waals surface area (Å²) in [4.78, 5) is 15.7. The van der Waals surface area contributed by atoms with E-state index in [1.54, 1.807) is 0 Å². The second-order valence-electron chi connectivity index (χ2n) is 5.71. The highest BCUT2D eigenvalue weighted by atomic mass is 32.2. The fourth-order valence-electron chi connectivity index (χ4n) is 3.02. The quantitative estimate of drug-likeness (QED) is 0.864. The van der Waals surface area contributed by atoms with Crippen LogP contribution in [0.2, 0.25) is 0 Å². The molecule has 0 aromatic heterocycles. The molecule has 0 radical (unpaired) electrons. The van der Waals surface area contributed by atoms with Gasteiger partial charge in [-0.15, -0.1) is 11.8 Å². The van der Waals surface area contributed by atoms with Gasteiger partial charge >= 0.3 is 0 Å². The van der Waals surface area contributed by atoms with E-state index >= 15 is 0 Å². The number of carbonyl (C=O) groups excluding carboxylic acids is 1. The minimum absolute atomic E-state index is 0.0931. The standard InChI is InChI=1S/C16H22N2OS/c19-16(15-7-4-9-17-15)18-10-8-13(11-18)12-20-14-5-2-1-3-6-14/h1-3,5-6,13,15,17H,4,7-12H2/t13-,15+/m1/s1. The summed E-state index contributed by atoms with van der Waals surface area (Å²) in [5.74, 6) is 2.09. The molecule has 2 aliphatic rings. The Morgan fingerprint density at radius 3 is 2.90 bits per heavy atom. The smallest absolute Gasteiger partial charge is 0.239 e. The van der Waals surface area contributed by atoms with Crippen LogP contribution in [0, 0.1) is 5.92 Å². The summed E-state index contributed by atoms with van der Waals surface area (Å²) in [5, 5.41) is 3.31. The van der Waals surface area contributed by atoms with Gasteiger partial charge in [0, 0.05) is 23.7 Å². The molecule has 0 spiro atoms. The lowest BCUT2D eigenvalue weighted by Crippen LogP contribution is -2.42. The van der Waals surface area contributed by atoms with Crippen LogP contribution in [-0.4, -0.2) is 42.2 Å². The molecule has 2 saturated heterocycles. The van der Waals surface area contributed by atoms with E-state index in [0.717, 1.165) is 44.6 Å². The Kier molecular flexibility index (Phi) is 4.63. The predicted molar refractivity (Wildman–Crippen MR) is 82.9 cm³/mol. The maximum Gasteiger partial charge on any atom is 0.239 e. The number of thioether (sulfide) groups is 1. The third-order valence-corrected chi connectivity index (χ3v) is 5.43. The zero-order chi connectivity index (χ0) is 13.8. The summed E-state index contributed by atoms with van der Waals surface area (Å²) >= 11 is 1.91. The van der Waals surface area contributed by atoms with Crippen LogP contribution < -0.4 is 5.32 Å². The number of nitrogens with one attached hydrogen (secondary N) is 1. The molecule has 2 atom stereocenters. The van der Waals surface area contributed by atoms with Gasteiger partial charge in [-0.2, -0.15) is 0 Å². The third-order valence-electron chi connectivity index (χ3n) is 4.18. The molecule has 1 amide bonds. The molecule has 0 bridgehead atoms. The molecule has 0 unspecified atom stereocenters. The van der Waals surface area contributed by atoms with Gasteiger partial charge in [0.05, 0.1) is 6.04 Å². The highest BCUT2D eigenvalue weighted by molar-refractivity contribution is 7.99. The van der Waals surface area contributed by atoms with Crippen LogP contribution in [0.25, 0.3) is 0 Å². The SMILES string of the molecule is O=C([C@@H]1CCCN1)N1CC[C@@H](CSc2ccccc2)C1. The maximum atomic E-state index is 12.3. The molecule has 1 aromatic rings. The normalized spacial score (nSPS) is 26.1. The van der Waals surface area contributed by atoms with Crippen molar-refractivity contribution in [2.75, 3.05) is 25.4 Å². The number of rotatable bonds is 4. The van der Waals surface area contributed by atoms with Gasteiger partial charge in [0.25, 0.3) is 0 Å². The number of hydrogen-bond acceptors (Lipinski definition) is 3. The largest absolute Gasteiger partial charge is 0.341 e. The van der Waals surface area contributed by atoms with Crippen molar-refractivity contribution in [3.05, 3.63) is 30.3 Å². The molecule has 0 aliphatic carbocycles. The molecule has 2 heterocycles. The van der Waals surface area contributed by atoms with Crippen LogP contribution in [0.4, 0.5) is 0 Å². The maximum absolute atomic E-state index is 12.3. The van der Waals surface area contributed by atoms with E-state index in [-0.39, 0.29) is 6.04 Å². The van der Waals surface area contributed by atoms with Gasteiger partial charge in [0.2, 0.25) is 5.91 Å². The molecule has 2 aliphatic heterocycles. The Balaban J connectivity index is 1.46. The second kappa shape index (κ2) is 6.64. The molecular weight excluding hydrogens is 268 g/mol. The van der Waals surface area contributed by atoms with Crippen LogP contribution in [-0.2, 0) is 4.79 Å². The van der Waals surface area contributed by atoms with Crippen LogP contribution >= 0.6 is 11.8 Å². The van der Waals surface area contributed by atoms with Crippen molar-refractivity contribution in [2.45, 2.75) is 30.2 Å². The molecule has 3 nitrogen and oxygen atoms in total. The number of hydrogen-bond donors (Lipinski definition) is 1. The highest BCUT2D eigenvalue weighted by Gasteiger charge is 2.31. The Morgan fingerprint density at radius 1 is 1.30 bits per heavy atom. The lowest BCUT2D eigenvalue weighted by atomic mass is 10.1. The van der Waals surface area contributed by atoms with Gasteiger partial charge in [-0.25, -0.2) is 0 Å². The molecule has 20 heavy (non-hydrogen) atoms. The van der Waals surface area contributed by atoms with E-state index in [2.05, 4.69) is 40.5 Å². The zero-order valence-electron chi connectivity index (χ0n) is 11.8. The van der Waals surface area contributed by atoms with Crippen molar-refractivity contribution in [1.82, 2.24) is 10.2 Å². The lowest BCUT2D eigenvalue weighted by Gasteiger charge is -2.20. The van der Waals surface area contributed by atoms with Crippen molar-refractivity contribution in [1.29, 1.82) is 0 Å². The Labute approximate surface area is 125 Å². The topological polar surface area (TPSA) is 32.3 Å². The van der Waals surface area contributed by atoms with E-state index in [9.17, 15) is 4.79 Å². The molecule has 1 N–H and O–H groups in total. The van der Waals surface area contributed by atoms with E-state index in [1.807, 2.05) is 11.8 Å². The van der Waals surface area contributed by atoms with Gasteiger partial charge in [0.15, 0.2) is 0 Å². The number of carbonyl (C=O) groups is 1. The molecule has 1 aromatic carbocycles. The average molecular weight is 290 g/mol. The van der Waals surface area contributed by atoms with Crippen molar-refractivity contribution >= 4 is 17.7 Å². The van der Waals surface area contributed by atoms with Crippen LogP contribution in [0.5, 0.6) is 0 Å². The van der Waals surface area contributed by atoms with Crippen molar-refractivity contribution in [3.63, 3.8) is 0 Å². The first kappa shape index (κ1) is 14.0. The fraction of sp³-hybridized carbons (Fsp3) is 0.562. The predicted octanol–water partition coefficient (Wildman–Crippen LogP) is 2.38.